The lowest BCUT2D eigenvalue weighted by Crippen LogP contribution is -2.33. The van der Waals surface area contributed by atoms with E-state index >= 15 is 0 Å². The van der Waals surface area contributed by atoms with Gasteiger partial charge in [-0.2, -0.15) is 0 Å². The van der Waals surface area contributed by atoms with Crippen molar-refractivity contribution in [3.05, 3.63) is 0 Å². The molecule has 16 heavy (non-hydrogen) atoms. The number of nitrogens with zero attached hydrogens (tertiary/aromatic N) is 1. The average molecular weight is 233 g/mol. The Morgan fingerprint density at radius 2 is 2.00 bits per heavy atom. The second-order valence-corrected chi connectivity index (χ2v) is 4.17. The minimum Gasteiger partial charge on any atom is -0.481 e. The van der Waals surface area contributed by atoms with E-state index in [2.05, 4.69) is 18.7 Å². The number of aliphatic hydroxyl groups is 1. The third-order valence-corrected chi connectivity index (χ3v) is 2.05. The Balaban J connectivity index is 3.76. The highest BCUT2D eigenvalue weighted by atomic mass is 16.5. The van der Waals surface area contributed by atoms with Gasteiger partial charge in [-0.15, -0.1) is 0 Å². The Hall–Kier alpha value is -0.650. The molecule has 0 bridgehead atoms. The maximum absolute atomic E-state index is 10.5. The summed E-state index contributed by atoms with van der Waals surface area (Å²) in [6.45, 7) is 7.24. The van der Waals surface area contributed by atoms with Crippen molar-refractivity contribution in [1.29, 1.82) is 0 Å². The molecule has 0 radical (unpaired) electrons. The van der Waals surface area contributed by atoms with Gasteiger partial charge >= 0.3 is 5.97 Å². The highest BCUT2D eigenvalue weighted by Gasteiger charge is 2.09. The van der Waals surface area contributed by atoms with Gasteiger partial charge in [-0.1, -0.05) is 13.8 Å². The topological polar surface area (TPSA) is 70.0 Å². The number of carbonyl (C=O) groups is 1. The second-order valence-electron chi connectivity index (χ2n) is 4.17. The molecular weight excluding hydrogens is 210 g/mol. The van der Waals surface area contributed by atoms with E-state index in [1.54, 1.807) is 0 Å². The van der Waals surface area contributed by atoms with Gasteiger partial charge in [0.25, 0.3) is 0 Å². The molecule has 0 saturated carbocycles. The van der Waals surface area contributed by atoms with E-state index < -0.39 is 5.97 Å². The molecule has 0 aliphatic rings. The average Bonchev–Trinajstić information content (AvgIpc) is 2.19. The van der Waals surface area contributed by atoms with E-state index in [0.717, 1.165) is 6.54 Å². The standard InChI is InChI=1S/C11H23NO4/c1-10(2)9-12(4-3-11(14)15)5-7-16-8-6-13/h10,13H,3-9H2,1-2H3,(H,14,15). The quantitative estimate of drug-likeness (QED) is 0.535. The summed E-state index contributed by atoms with van der Waals surface area (Å²) in [6.07, 6.45) is 0.159. The minimum absolute atomic E-state index is 0.0271. The molecule has 0 aromatic rings. The Morgan fingerprint density at radius 1 is 1.31 bits per heavy atom. The van der Waals surface area contributed by atoms with Crippen molar-refractivity contribution in [2.45, 2.75) is 20.3 Å². The first-order chi connectivity index (χ1) is 7.56. The highest BCUT2D eigenvalue weighted by Crippen LogP contribution is 2.00. The number of hydrogen-bond donors (Lipinski definition) is 2. The van der Waals surface area contributed by atoms with Crippen molar-refractivity contribution in [3.8, 4) is 0 Å². The van der Waals surface area contributed by atoms with Crippen LogP contribution < -0.4 is 0 Å². The molecule has 0 fully saturated rings. The monoisotopic (exact) mass is 233 g/mol. The van der Waals surface area contributed by atoms with Crippen LogP contribution in [0.4, 0.5) is 0 Å². The van der Waals surface area contributed by atoms with E-state index in [4.69, 9.17) is 14.9 Å². The van der Waals surface area contributed by atoms with Crippen LogP contribution in [0.2, 0.25) is 0 Å². The summed E-state index contributed by atoms with van der Waals surface area (Å²) in [7, 11) is 0. The molecule has 0 heterocycles. The summed E-state index contributed by atoms with van der Waals surface area (Å²) in [4.78, 5) is 12.6. The summed E-state index contributed by atoms with van der Waals surface area (Å²) in [5, 5.41) is 17.2. The summed E-state index contributed by atoms with van der Waals surface area (Å²) >= 11 is 0. The molecule has 0 aliphatic carbocycles. The normalized spacial score (nSPS) is 11.3. The molecule has 0 atom stereocenters. The summed E-state index contributed by atoms with van der Waals surface area (Å²) in [6, 6.07) is 0. The van der Waals surface area contributed by atoms with Crippen molar-refractivity contribution < 1.29 is 19.7 Å². The first-order valence-electron chi connectivity index (χ1n) is 5.69. The maximum Gasteiger partial charge on any atom is 0.304 e. The van der Waals surface area contributed by atoms with Crippen molar-refractivity contribution >= 4 is 5.97 Å². The zero-order valence-electron chi connectivity index (χ0n) is 10.2. The predicted molar refractivity (Wildman–Crippen MR) is 61.4 cm³/mol. The number of ether oxygens (including phenoxy) is 1. The van der Waals surface area contributed by atoms with Gasteiger partial charge in [0.2, 0.25) is 0 Å². The lowest BCUT2D eigenvalue weighted by Gasteiger charge is -2.23. The van der Waals surface area contributed by atoms with Crippen molar-refractivity contribution in [2.24, 2.45) is 5.92 Å². The molecule has 0 spiro atoms. The van der Waals surface area contributed by atoms with Crippen LogP contribution in [0.3, 0.4) is 0 Å². The summed E-state index contributed by atoms with van der Waals surface area (Å²) in [5.41, 5.74) is 0. The summed E-state index contributed by atoms with van der Waals surface area (Å²) < 4.78 is 5.16. The maximum atomic E-state index is 10.5. The van der Waals surface area contributed by atoms with E-state index in [1.807, 2.05) is 0 Å². The van der Waals surface area contributed by atoms with Gasteiger partial charge in [-0.25, -0.2) is 0 Å². The van der Waals surface area contributed by atoms with Gasteiger partial charge < -0.3 is 19.8 Å². The van der Waals surface area contributed by atoms with Crippen LogP contribution in [0.15, 0.2) is 0 Å². The Kier molecular flexibility index (Phi) is 9.18. The SMILES string of the molecule is CC(C)CN(CCOCCO)CCC(=O)O. The number of carboxylic acids is 1. The zero-order valence-corrected chi connectivity index (χ0v) is 10.2. The van der Waals surface area contributed by atoms with Crippen LogP contribution in [0.1, 0.15) is 20.3 Å². The molecule has 2 N–H and O–H groups in total. The van der Waals surface area contributed by atoms with Crippen LogP contribution in [0.25, 0.3) is 0 Å². The molecule has 0 rings (SSSR count). The van der Waals surface area contributed by atoms with Gasteiger partial charge in [0.1, 0.15) is 0 Å². The van der Waals surface area contributed by atoms with Crippen LogP contribution in [-0.2, 0) is 9.53 Å². The first-order valence-corrected chi connectivity index (χ1v) is 5.69. The molecule has 5 heteroatoms. The van der Waals surface area contributed by atoms with Crippen molar-refractivity contribution in [1.82, 2.24) is 4.90 Å². The van der Waals surface area contributed by atoms with Gasteiger partial charge in [0.05, 0.1) is 26.2 Å². The van der Waals surface area contributed by atoms with Crippen LogP contribution in [0, 0.1) is 5.92 Å². The zero-order chi connectivity index (χ0) is 12.4. The molecule has 96 valence electrons. The van der Waals surface area contributed by atoms with Crippen molar-refractivity contribution in [2.75, 3.05) is 39.5 Å². The van der Waals surface area contributed by atoms with Crippen LogP contribution >= 0.6 is 0 Å². The fourth-order valence-corrected chi connectivity index (χ4v) is 1.42. The Bertz CT molecular complexity index is 185. The van der Waals surface area contributed by atoms with E-state index in [9.17, 15) is 4.79 Å². The van der Waals surface area contributed by atoms with Gasteiger partial charge in [-0.3, -0.25) is 4.79 Å². The number of carboxylic acid groups (broad SMARTS) is 1. The molecule has 0 saturated heterocycles. The van der Waals surface area contributed by atoms with E-state index in [-0.39, 0.29) is 13.0 Å². The smallest absolute Gasteiger partial charge is 0.304 e. The van der Waals surface area contributed by atoms with Crippen LogP contribution in [0.5, 0.6) is 0 Å². The number of aliphatic carboxylic acids is 1. The molecular formula is C11H23NO4. The van der Waals surface area contributed by atoms with Gasteiger partial charge in [-0.05, 0) is 5.92 Å². The van der Waals surface area contributed by atoms with Crippen LogP contribution in [-0.4, -0.2) is 60.5 Å². The lowest BCUT2D eigenvalue weighted by atomic mass is 10.2. The number of hydrogen-bond acceptors (Lipinski definition) is 4. The fourth-order valence-electron chi connectivity index (χ4n) is 1.42. The highest BCUT2D eigenvalue weighted by molar-refractivity contribution is 5.66. The van der Waals surface area contributed by atoms with E-state index in [0.29, 0.717) is 32.2 Å². The number of aliphatic hydroxyl groups excluding tert-OH is 1. The fraction of sp³-hybridized carbons (Fsp3) is 0.909. The minimum atomic E-state index is -0.773. The molecule has 5 nitrogen and oxygen atoms in total. The summed E-state index contributed by atoms with van der Waals surface area (Å²) in [5.74, 6) is -0.267. The van der Waals surface area contributed by atoms with Gasteiger partial charge in [0.15, 0.2) is 0 Å². The third kappa shape index (κ3) is 9.89. The molecule has 0 aliphatic heterocycles. The second kappa shape index (κ2) is 9.57. The molecule has 0 aromatic carbocycles. The molecule has 0 unspecified atom stereocenters. The molecule has 0 amide bonds. The Morgan fingerprint density at radius 3 is 2.50 bits per heavy atom. The van der Waals surface area contributed by atoms with Gasteiger partial charge in [0, 0.05) is 19.6 Å². The third-order valence-electron chi connectivity index (χ3n) is 2.05. The number of rotatable bonds is 10. The predicted octanol–water partition coefficient (Wildman–Crippen LogP) is 0.428. The largest absolute Gasteiger partial charge is 0.481 e. The lowest BCUT2D eigenvalue weighted by molar-refractivity contribution is -0.137. The van der Waals surface area contributed by atoms with E-state index in [1.165, 1.54) is 0 Å². The Labute approximate surface area is 97.0 Å². The van der Waals surface area contributed by atoms with Crippen molar-refractivity contribution in [3.63, 3.8) is 0 Å². The molecule has 0 aromatic heterocycles. The first kappa shape index (κ1) is 15.3.